The summed E-state index contributed by atoms with van der Waals surface area (Å²) >= 11 is 4.78. The summed E-state index contributed by atoms with van der Waals surface area (Å²) in [5.74, 6) is 0.00667. The summed E-state index contributed by atoms with van der Waals surface area (Å²) in [6.07, 6.45) is -1.59. The number of nitrogens with two attached hydrogens (primary N) is 1. The molecule has 0 spiro atoms. The van der Waals surface area contributed by atoms with E-state index in [2.05, 4.69) is 42.8 Å². The van der Waals surface area contributed by atoms with E-state index >= 15 is 0 Å². The number of alkyl halides is 3. The number of rotatable bonds is 6. The first-order valence-corrected chi connectivity index (χ1v) is 13.7. The molecule has 41 heavy (non-hydrogen) atoms. The Balaban J connectivity index is 1.65. The number of nitrogens with one attached hydrogen (secondary N) is 1. The number of nitrogens with zero attached hydrogens (tertiary/aromatic N) is 3. The summed E-state index contributed by atoms with van der Waals surface area (Å²) in [7, 11) is 0. The van der Waals surface area contributed by atoms with Gasteiger partial charge in [0.25, 0.3) is 5.91 Å². The van der Waals surface area contributed by atoms with E-state index < -0.39 is 17.6 Å². The quantitative estimate of drug-likeness (QED) is 0.181. The van der Waals surface area contributed by atoms with Gasteiger partial charge in [-0.05, 0) is 71.2 Å². The van der Waals surface area contributed by atoms with Gasteiger partial charge in [0.2, 0.25) is 0 Å². The molecular formula is C29H21BrF3N5O2S. The van der Waals surface area contributed by atoms with Crippen molar-refractivity contribution in [3.8, 4) is 33.3 Å². The molecule has 0 atom stereocenters. The van der Waals surface area contributed by atoms with E-state index in [1.165, 1.54) is 30.4 Å². The zero-order valence-corrected chi connectivity index (χ0v) is 24.0. The van der Waals surface area contributed by atoms with Gasteiger partial charge < -0.3 is 15.8 Å². The lowest BCUT2D eigenvalue weighted by atomic mass is 9.97. The standard InChI is InChI=1S/C29H21BrF3N5O2S/c1-14(2)27(39)38-21-9-6-17(12-19(21)29(31,32)33)24-22(23-25(41-24)20(30)13-36-26(23)34)16-4-7-18(8-5-16)40-28-35-11-10-15(3)37-28/h4-13H,1H2,2-3H3,(H2,34,36)(H,38,39). The number of hydrogen-bond donors (Lipinski definition) is 2. The third kappa shape index (κ3) is 5.79. The molecule has 3 N–H and O–H groups in total. The Morgan fingerprint density at radius 3 is 2.46 bits per heavy atom. The van der Waals surface area contributed by atoms with Crippen molar-refractivity contribution in [1.29, 1.82) is 0 Å². The van der Waals surface area contributed by atoms with Crippen molar-refractivity contribution in [2.75, 3.05) is 11.1 Å². The summed E-state index contributed by atoms with van der Waals surface area (Å²) in [5, 5.41) is 2.90. The van der Waals surface area contributed by atoms with Crippen LogP contribution in [0.15, 0.2) is 77.5 Å². The van der Waals surface area contributed by atoms with Gasteiger partial charge in [-0.1, -0.05) is 24.8 Å². The van der Waals surface area contributed by atoms with Crippen molar-refractivity contribution in [2.45, 2.75) is 20.0 Å². The second-order valence-corrected chi connectivity index (χ2v) is 11.0. The van der Waals surface area contributed by atoms with E-state index in [4.69, 9.17) is 10.5 Å². The summed E-state index contributed by atoms with van der Waals surface area (Å²) in [4.78, 5) is 25.3. The van der Waals surface area contributed by atoms with Gasteiger partial charge in [0, 0.05) is 39.5 Å². The molecule has 0 bridgehead atoms. The molecule has 7 nitrogen and oxygen atoms in total. The first-order chi connectivity index (χ1) is 19.4. The molecule has 0 saturated carbocycles. The molecule has 0 aliphatic carbocycles. The number of pyridine rings is 1. The molecule has 1 amide bonds. The summed E-state index contributed by atoms with van der Waals surface area (Å²) in [5.41, 5.74) is 7.38. The van der Waals surface area contributed by atoms with Crippen LogP contribution in [0.25, 0.3) is 31.7 Å². The van der Waals surface area contributed by atoms with Crippen LogP contribution in [0.3, 0.4) is 0 Å². The van der Waals surface area contributed by atoms with Crippen molar-refractivity contribution in [3.05, 3.63) is 88.8 Å². The van der Waals surface area contributed by atoms with Gasteiger partial charge in [-0.3, -0.25) is 4.79 Å². The molecule has 5 aromatic rings. The van der Waals surface area contributed by atoms with Crippen molar-refractivity contribution in [2.24, 2.45) is 0 Å². The number of aromatic nitrogens is 3. The van der Waals surface area contributed by atoms with Gasteiger partial charge >= 0.3 is 12.2 Å². The summed E-state index contributed by atoms with van der Waals surface area (Å²) in [6.45, 7) is 6.74. The number of nitrogen functional groups attached to an aromatic ring is 1. The molecular weight excluding hydrogens is 619 g/mol. The molecule has 0 aliphatic rings. The predicted octanol–water partition coefficient (Wildman–Crippen LogP) is 8.40. The predicted molar refractivity (Wildman–Crippen MR) is 158 cm³/mol. The smallest absolute Gasteiger partial charge is 0.418 e. The Morgan fingerprint density at radius 1 is 1.10 bits per heavy atom. The van der Waals surface area contributed by atoms with Crippen molar-refractivity contribution >= 4 is 54.8 Å². The van der Waals surface area contributed by atoms with Crippen molar-refractivity contribution in [3.63, 3.8) is 0 Å². The van der Waals surface area contributed by atoms with Gasteiger partial charge in [0.15, 0.2) is 0 Å². The maximum Gasteiger partial charge on any atom is 0.418 e. The van der Waals surface area contributed by atoms with Crippen LogP contribution in [-0.4, -0.2) is 20.9 Å². The third-order valence-corrected chi connectivity index (χ3v) is 8.18. The lowest BCUT2D eigenvalue weighted by molar-refractivity contribution is -0.136. The van der Waals surface area contributed by atoms with E-state index in [1.807, 2.05) is 6.92 Å². The molecule has 0 unspecified atom stereocenters. The Kier molecular flexibility index (Phi) is 7.54. The van der Waals surface area contributed by atoms with Gasteiger partial charge in [-0.2, -0.15) is 13.2 Å². The fourth-order valence-corrected chi connectivity index (χ4v) is 5.87. The Labute approximate surface area is 245 Å². The van der Waals surface area contributed by atoms with Crippen LogP contribution in [-0.2, 0) is 11.0 Å². The summed E-state index contributed by atoms with van der Waals surface area (Å²) < 4.78 is 49.6. The number of carbonyl (C=O) groups is 1. The monoisotopic (exact) mass is 639 g/mol. The molecule has 0 radical (unpaired) electrons. The number of fused-ring (bicyclic) bond motifs is 1. The third-order valence-electron chi connectivity index (χ3n) is 6.05. The van der Waals surface area contributed by atoms with Crippen LogP contribution in [0.5, 0.6) is 11.8 Å². The number of anilines is 2. The SMILES string of the molecule is C=C(C)C(=O)Nc1ccc(-c2sc3c(Br)cnc(N)c3c2-c2ccc(Oc3nccc(C)n3)cc2)cc1C(F)(F)F. The van der Waals surface area contributed by atoms with Gasteiger partial charge in [0.05, 0.1) is 20.4 Å². The van der Waals surface area contributed by atoms with E-state index in [0.29, 0.717) is 37.2 Å². The highest BCUT2D eigenvalue weighted by Gasteiger charge is 2.35. The van der Waals surface area contributed by atoms with E-state index in [-0.39, 0.29) is 23.1 Å². The lowest BCUT2D eigenvalue weighted by Crippen LogP contribution is -2.16. The molecule has 12 heteroatoms. The molecule has 208 valence electrons. The molecule has 2 aromatic carbocycles. The molecule has 5 rings (SSSR count). The minimum absolute atomic E-state index is 0.0863. The zero-order valence-electron chi connectivity index (χ0n) is 21.6. The minimum Gasteiger partial charge on any atom is -0.424 e. The fraction of sp³-hybridized carbons (Fsp3) is 0.103. The van der Waals surface area contributed by atoms with Gasteiger partial charge in [0.1, 0.15) is 11.6 Å². The van der Waals surface area contributed by atoms with Crippen LogP contribution in [0.4, 0.5) is 24.7 Å². The largest absolute Gasteiger partial charge is 0.424 e. The average molecular weight is 640 g/mol. The van der Waals surface area contributed by atoms with Crippen LogP contribution < -0.4 is 15.8 Å². The Bertz CT molecular complexity index is 1820. The Hall–Kier alpha value is -4.29. The Morgan fingerprint density at radius 2 is 1.80 bits per heavy atom. The maximum absolute atomic E-state index is 14.2. The van der Waals surface area contributed by atoms with E-state index in [1.54, 1.807) is 42.7 Å². The minimum atomic E-state index is -4.73. The number of ether oxygens (including phenoxy) is 1. The highest BCUT2D eigenvalue weighted by atomic mass is 79.9. The average Bonchev–Trinajstić information content (AvgIpc) is 3.33. The number of halogens is 4. The van der Waals surface area contributed by atoms with Gasteiger partial charge in [-0.25, -0.2) is 15.0 Å². The molecule has 0 saturated heterocycles. The number of thiophene rings is 1. The van der Waals surface area contributed by atoms with Crippen LogP contribution in [0.2, 0.25) is 0 Å². The fourth-order valence-electron chi connectivity index (χ4n) is 4.10. The highest BCUT2D eigenvalue weighted by Crippen LogP contribution is 2.50. The molecule has 3 heterocycles. The van der Waals surface area contributed by atoms with Crippen LogP contribution >= 0.6 is 27.3 Å². The second kappa shape index (κ2) is 10.9. The topological polar surface area (TPSA) is 103 Å². The lowest BCUT2D eigenvalue weighted by Gasteiger charge is -2.16. The molecule has 3 aromatic heterocycles. The number of benzene rings is 2. The second-order valence-electron chi connectivity index (χ2n) is 9.10. The van der Waals surface area contributed by atoms with Crippen LogP contribution in [0.1, 0.15) is 18.2 Å². The maximum atomic E-state index is 14.2. The van der Waals surface area contributed by atoms with Gasteiger partial charge in [-0.15, -0.1) is 11.3 Å². The van der Waals surface area contributed by atoms with Crippen molar-refractivity contribution < 1.29 is 22.7 Å². The number of aryl methyl sites for hydroxylation is 1. The number of amides is 1. The molecule has 0 aliphatic heterocycles. The summed E-state index contributed by atoms with van der Waals surface area (Å²) in [6, 6.07) is 12.7. The number of hydrogen-bond acceptors (Lipinski definition) is 7. The zero-order chi connectivity index (χ0) is 29.5. The van der Waals surface area contributed by atoms with E-state index in [9.17, 15) is 18.0 Å². The van der Waals surface area contributed by atoms with E-state index in [0.717, 1.165) is 16.5 Å². The number of carbonyl (C=O) groups excluding carboxylic acids is 1. The first kappa shape index (κ1) is 28.2. The highest BCUT2D eigenvalue weighted by molar-refractivity contribution is 9.10. The normalized spacial score (nSPS) is 11.5. The first-order valence-electron chi connectivity index (χ1n) is 12.0. The van der Waals surface area contributed by atoms with Crippen molar-refractivity contribution in [1.82, 2.24) is 15.0 Å². The molecule has 0 fully saturated rings. The van der Waals surface area contributed by atoms with Crippen LogP contribution in [0, 0.1) is 6.92 Å².